The lowest BCUT2D eigenvalue weighted by molar-refractivity contribution is -0.138. The zero-order chi connectivity index (χ0) is 12.8. The molecule has 2 nitrogen and oxygen atoms in total. The van der Waals surface area contributed by atoms with Crippen LogP contribution in [0.2, 0.25) is 5.02 Å². The summed E-state index contributed by atoms with van der Waals surface area (Å²) in [6, 6.07) is 2.64. The fraction of sp³-hybridized carbons (Fsp3) is 0.364. The molecule has 1 heterocycles. The van der Waals surface area contributed by atoms with E-state index in [0.29, 0.717) is 5.69 Å². The lowest BCUT2D eigenvalue weighted by Crippen LogP contribution is -2.25. The number of anilines is 1. The minimum absolute atomic E-state index is 0.111. The molecule has 0 unspecified atom stereocenters. The van der Waals surface area contributed by atoms with Crippen LogP contribution in [0, 0.1) is 0 Å². The molecule has 0 aromatic heterocycles. The number of halogens is 4. The molecule has 0 saturated carbocycles. The first-order valence-corrected chi connectivity index (χ1v) is 5.37. The second kappa shape index (κ2) is 3.91. The van der Waals surface area contributed by atoms with Crippen LogP contribution in [0.4, 0.5) is 18.9 Å². The van der Waals surface area contributed by atoms with Crippen molar-refractivity contribution < 1.29 is 18.0 Å². The number of hydrogen-bond acceptors (Lipinski definition) is 1. The lowest BCUT2D eigenvalue weighted by atomic mass is 10.0. The van der Waals surface area contributed by atoms with Gasteiger partial charge < -0.3 is 4.90 Å². The molecular weight excluding hydrogens is 255 g/mol. The molecule has 0 saturated heterocycles. The Balaban J connectivity index is 2.61. The van der Waals surface area contributed by atoms with E-state index in [2.05, 4.69) is 0 Å². The first-order valence-electron chi connectivity index (χ1n) is 4.99. The van der Waals surface area contributed by atoms with Crippen molar-refractivity contribution in [3.05, 3.63) is 28.3 Å². The zero-order valence-electron chi connectivity index (χ0n) is 8.94. The number of hydrogen-bond donors (Lipinski definition) is 0. The summed E-state index contributed by atoms with van der Waals surface area (Å²) in [6.07, 6.45) is -4.31. The summed E-state index contributed by atoms with van der Waals surface area (Å²) >= 11 is 5.60. The Kier molecular flexibility index (Phi) is 2.81. The number of alkyl halides is 3. The van der Waals surface area contributed by atoms with Gasteiger partial charge in [-0.15, -0.1) is 0 Å². The Morgan fingerprint density at radius 3 is 2.59 bits per heavy atom. The van der Waals surface area contributed by atoms with E-state index in [0.717, 1.165) is 0 Å². The van der Waals surface area contributed by atoms with Gasteiger partial charge in [-0.25, -0.2) is 0 Å². The van der Waals surface area contributed by atoms with Crippen LogP contribution in [0.15, 0.2) is 12.1 Å². The van der Waals surface area contributed by atoms with Gasteiger partial charge in [0.1, 0.15) is 0 Å². The highest BCUT2D eigenvalue weighted by atomic mass is 35.5. The van der Waals surface area contributed by atoms with Crippen LogP contribution < -0.4 is 4.90 Å². The summed E-state index contributed by atoms with van der Waals surface area (Å²) < 4.78 is 38.5. The maximum Gasteiger partial charge on any atom is 0.418 e. The van der Waals surface area contributed by atoms with Crippen molar-refractivity contribution in [2.24, 2.45) is 0 Å². The van der Waals surface area contributed by atoms with E-state index in [1.165, 1.54) is 24.0 Å². The van der Waals surface area contributed by atoms with Gasteiger partial charge in [0.05, 0.1) is 10.6 Å². The summed E-state index contributed by atoms with van der Waals surface area (Å²) in [5.74, 6) is -0.265. The van der Waals surface area contributed by atoms with Gasteiger partial charge in [0.25, 0.3) is 0 Å². The molecule has 0 radical (unpaired) electrons. The standard InChI is InChI=1S/C11H9ClF3NO/c1-6(17)16-5-4-7-9(16)3-2-8(12)10(7)11(13,14)15/h2-3H,4-5H2,1H3. The first kappa shape index (κ1) is 12.2. The van der Waals surface area contributed by atoms with Crippen LogP contribution in [-0.2, 0) is 17.4 Å². The van der Waals surface area contributed by atoms with Crippen molar-refractivity contribution in [1.29, 1.82) is 0 Å². The molecule has 1 aliphatic heterocycles. The average Bonchev–Trinajstić information content (AvgIpc) is 2.58. The highest BCUT2D eigenvalue weighted by molar-refractivity contribution is 6.31. The van der Waals surface area contributed by atoms with E-state index in [1.807, 2.05) is 0 Å². The number of nitrogens with zero attached hydrogens (tertiary/aromatic N) is 1. The van der Waals surface area contributed by atoms with Crippen molar-refractivity contribution >= 4 is 23.2 Å². The SMILES string of the molecule is CC(=O)N1CCc2c1ccc(Cl)c2C(F)(F)F. The maximum absolute atomic E-state index is 12.8. The maximum atomic E-state index is 12.8. The Labute approximate surface area is 101 Å². The van der Waals surface area contributed by atoms with E-state index in [4.69, 9.17) is 11.6 Å². The highest BCUT2D eigenvalue weighted by Crippen LogP contribution is 2.43. The molecule has 1 aliphatic rings. The van der Waals surface area contributed by atoms with Crippen molar-refractivity contribution in [2.45, 2.75) is 19.5 Å². The normalized spacial score (nSPS) is 15.0. The Morgan fingerprint density at radius 1 is 1.41 bits per heavy atom. The topological polar surface area (TPSA) is 20.3 Å². The predicted octanol–water partition coefficient (Wildman–Crippen LogP) is 3.27. The summed E-state index contributed by atoms with van der Waals surface area (Å²) in [4.78, 5) is 12.6. The summed E-state index contributed by atoms with van der Waals surface area (Å²) in [5.41, 5.74) is -0.394. The molecule has 1 amide bonds. The van der Waals surface area contributed by atoms with Gasteiger partial charge in [-0.3, -0.25) is 4.79 Å². The molecule has 0 N–H and O–H groups in total. The molecule has 1 aromatic rings. The third kappa shape index (κ3) is 1.99. The molecule has 0 bridgehead atoms. The monoisotopic (exact) mass is 263 g/mol. The molecule has 6 heteroatoms. The fourth-order valence-electron chi connectivity index (χ4n) is 2.09. The highest BCUT2D eigenvalue weighted by Gasteiger charge is 2.39. The Bertz CT molecular complexity index is 484. The number of carbonyl (C=O) groups excluding carboxylic acids is 1. The van der Waals surface area contributed by atoms with Crippen LogP contribution in [-0.4, -0.2) is 12.5 Å². The van der Waals surface area contributed by atoms with Crippen LogP contribution in [0.3, 0.4) is 0 Å². The quantitative estimate of drug-likeness (QED) is 0.703. The molecule has 0 aliphatic carbocycles. The number of rotatable bonds is 0. The summed E-state index contributed by atoms with van der Waals surface area (Å²) in [5, 5.41) is -0.318. The molecule has 17 heavy (non-hydrogen) atoms. The minimum Gasteiger partial charge on any atom is -0.312 e. The van der Waals surface area contributed by atoms with Gasteiger partial charge in [-0.2, -0.15) is 13.2 Å². The van der Waals surface area contributed by atoms with Crippen molar-refractivity contribution in [2.75, 3.05) is 11.4 Å². The second-order valence-electron chi connectivity index (χ2n) is 3.84. The zero-order valence-corrected chi connectivity index (χ0v) is 9.69. The van der Waals surface area contributed by atoms with E-state index in [-0.39, 0.29) is 29.5 Å². The third-order valence-corrected chi connectivity index (χ3v) is 3.09. The number of benzene rings is 1. The molecule has 2 rings (SSSR count). The lowest BCUT2D eigenvalue weighted by Gasteiger charge is -2.17. The molecule has 1 aromatic carbocycles. The van der Waals surface area contributed by atoms with Gasteiger partial charge in [0.15, 0.2) is 0 Å². The van der Waals surface area contributed by atoms with E-state index in [1.54, 1.807) is 0 Å². The van der Waals surface area contributed by atoms with Gasteiger partial charge >= 0.3 is 6.18 Å². The van der Waals surface area contributed by atoms with Crippen molar-refractivity contribution in [3.63, 3.8) is 0 Å². The van der Waals surface area contributed by atoms with Gasteiger partial charge in [-0.1, -0.05) is 11.6 Å². The van der Waals surface area contributed by atoms with Gasteiger partial charge in [-0.05, 0) is 24.1 Å². The van der Waals surface area contributed by atoms with Crippen LogP contribution in [0.5, 0.6) is 0 Å². The molecule has 0 atom stereocenters. The Morgan fingerprint density at radius 2 is 2.06 bits per heavy atom. The molecule has 92 valence electrons. The van der Waals surface area contributed by atoms with Crippen LogP contribution >= 0.6 is 11.6 Å². The van der Waals surface area contributed by atoms with Crippen molar-refractivity contribution in [1.82, 2.24) is 0 Å². The number of carbonyl (C=O) groups is 1. The molecule has 0 spiro atoms. The molecule has 0 fully saturated rings. The van der Waals surface area contributed by atoms with E-state index in [9.17, 15) is 18.0 Å². The summed E-state index contributed by atoms with van der Waals surface area (Å²) in [7, 11) is 0. The van der Waals surface area contributed by atoms with Crippen LogP contribution in [0.1, 0.15) is 18.1 Å². The fourth-order valence-corrected chi connectivity index (χ4v) is 2.38. The smallest absolute Gasteiger partial charge is 0.312 e. The third-order valence-electron chi connectivity index (χ3n) is 2.78. The van der Waals surface area contributed by atoms with Gasteiger partial charge in [0.2, 0.25) is 5.91 Å². The number of amides is 1. The van der Waals surface area contributed by atoms with E-state index >= 15 is 0 Å². The summed E-state index contributed by atoms with van der Waals surface area (Å²) in [6.45, 7) is 1.60. The first-order chi connectivity index (χ1) is 7.82. The van der Waals surface area contributed by atoms with Crippen LogP contribution in [0.25, 0.3) is 0 Å². The Hall–Kier alpha value is -1.23. The molecular formula is C11H9ClF3NO. The minimum atomic E-state index is -4.49. The van der Waals surface area contributed by atoms with E-state index < -0.39 is 11.7 Å². The number of fused-ring (bicyclic) bond motifs is 1. The predicted molar refractivity (Wildman–Crippen MR) is 58.2 cm³/mol. The second-order valence-corrected chi connectivity index (χ2v) is 4.25. The average molecular weight is 264 g/mol. The van der Waals surface area contributed by atoms with Crippen molar-refractivity contribution in [3.8, 4) is 0 Å². The van der Waals surface area contributed by atoms with Gasteiger partial charge in [0, 0.05) is 19.2 Å². The largest absolute Gasteiger partial charge is 0.418 e.